The van der Waals surface area contributed by atoms with E-state index < -0.39 is 17.7 Å². The second kappa shape index (κ2) is 4.24. The van der Waals surface area contributed by atoms with Crippen molar-refractivity contribution >= 4 is 23.4 Å². The monoisotopic (exact) mass is 212 g/mol. The number of Topliss-reactive ketones (excluding diaryl/α,β-unsaturated/α-hetero) is 1. The number of rotatable bonds is 3. The second-order valence-corrected chi connectivity index (χ2v) is 3.32. The van der Waals surface area contributed by atoms with E-state index in [0.717, 1.165) is 0 Å². The van der Waals surface area contributed by atoms with Crippen molar-refractivity contribution in [2.24, 2.45) is 0 Å². The summed E-state index contributed by atoms with van der Waals surface area (Å²) in [6, 6.07) is 6.72. The molecule has 3 nitrogen and oxygen atoms in total. The topological polar surface area (TPSA) is 54.4 Å². The summed E-state index contributed by atoms with van der Waals surface area (Å²) in [4.78, 5) is 21.6. The SMILES string of the molecule is CC(C(=O)C(=O)O)c1ccccc1Cl. The molecule has 4 heteroatoms. The Morgan fingerprint density at radius 3 is 2.43 bits per heavy atom. The van der Waals surface area contributed by atoms with Gasteiger partial charge in [-0.1, -0.05) is 36.7 Å². The maximum Gasteiger partial charge on any atom is 0.372 e. The smallest absolute Gasteiger partial charge is 0.372 e. The van der Waals surface area contributed by atoms with E-state index >= 15 is 0 Å². The molecule has 1 unspecified atom stereocenters. The standard InChI is InChI=1S/C10H9ClO3/c1-6(9(12)10(13)14)7-4-2-3-5-8(7)11/h2-6H,1H3,(H,13,14). The predicted octanol–water partition coefficient (Wildman–Crippen LogP) is 2.10. The lowest BCUT2D eigenvalue weighted by molar-refractivity contribution is -0.149. The van der Waals surface area contributed by atoms with E-state index in [1.807, 2.05) is 0 Å². The van der Waals surface area contributed by atoms with Gasteiger partial charge in [-0.2, -0.15) is 0 Å². The fourth-order valence-electron chi connectivity index (χ4n) is 1.15. The first-order chi connectivity index (χ1) is 6.54. The average Bonchev–Trinajstić information content (AvgIpc) is 2.16. The Morgan fingerprint density at radius 1 is 1.36 bits per heavy atom. The highest BCUT2D eigenvalue weighted by atomic mass is 35.5. The van der Waals surface area contributed by atoms with Crippen LogP contribution in [0, 0.1) is 0 Å². The molecule has 0 fully saturated rings. The molecule has 0 heterocycles. The number of carbonyl (C=O) groups is 2. The summed E-state index contributed by atoms with van der Waals surface area (Å²) < 4.78 is 0. The lowest BCUT2D eigenvalue weighted by Gasteiger charge is -2.09. The van der Waals surface area contributed by atoms with Crippen LogP contribution in [0.5, 0.6) is 0 Å². The molecule has 0 amide bonds. The summed E-state index contributed by atoms with van der Waals surface area (Å²) in [5, 5.41) is 8.92. The van der Waals surface area contributed by atoms with Crippen LogP contribution in [0.3, 0.4) is 0 Å². The fourth-order valence-corrected chi connectivity index (χ4v) is 1.45. The van der Waals surface area contributed by atoms with Crippen molar-refractivity contribution in [3.8, 4) is 0 Å². The number of halogens is 1. The zero-order valence-electron chi connectivity index (χ0n) is 7.53. The van der Waals surface area contributed by atoms with Gasteiger partial charge >= 0.3 is 5.97 Å². The number of carbonyl (C=O) groups excluding carboxylic acids is 1. The van der Waals surface area contributed by atoms with E-state index in [2.05, 4.69) is 0 Å². The Hall–Kier alpha value is -1.35. The van der Waals surface area contributed by atoms with Crippen LogP contribution in [0.4, 0.5) is 0 Å². The van der Waals surface area contributed by atoms with Crippen molar-refractivity contribution in [1.82, 2.24) is 0 Å². The summed E-state index contributed by atoms with van der Waals surface area (Å²) >= 11 is 5.82. The lowest BCUT2D eigenvalue weighted by atomic mass is 9.97. The van der Waals surface area contributed by atoms with Crippen LogP contribution in [-0.2, 0) is 9.59 Å². The van der Waals surface area contributed by atoms with Crippen molar-refractivity contribution in [2.75, 3.05) is 0 Å². The Bertz CT molecular complexity index is 373. The second-order valence-electron chi connectivity index (χ2n) is 2.91. The molecular formula is C10H9ClO3. The van der Waals surface area contributed by atoms with Gasteiger partial charge in [-0.15, -0.1) is 0 Å². The van der Waals surface area contributed by atoms with E-state index in [1.54, 1.807) is 24.3 Å². The van der Waals surface area contributed by atoms with Gasteiger partial charge in [0.25, 0.3) is 0 Å². The molecule has 1 N–H and O–H groups in total. The minimum atomic E-state index is -1.43. The van der Waals surface area contributed by atoms with Gasteiger partial charge in [-0.25, -0.2) is 4.79 Å². The molecule has 1 atom stereocenters. The molecular weight excluding hydrogens is 204 g/mol. The van der Waals surface area contributed by atoms with E-state index in [0.29, 0.717) is 10.6 Å². The molecule has 1 aromatic rings. The minimum Gasteiger partial charge on any atom is -0.475 e. The molecule has 1 aromatic carbocycles. The van der Waals surface area contributed by atoms with Gasteiger partial charge in [-0.05, 0) is 11.6 Å². The maximum absolute atomic E-state index is 11.1. The van der Waals surface area contributed by atoms with E-state index in [1.165, 1.54) is 6.92 Å². The Kier molecular flexibility index (Phi) is 3.25. The number of aliphatic carboxylic acids is 1. The van der Waals surface area contributed by atoms with Gasteiger partial charge < -0.3 is 5.11 Å². The summed E-state index contributed by atoms with van der Waals surface area (Å²) in [6.45, 7) is 1.53. The quantitative estimate of drug-likeness (QED) is 0.781. The highest BCUT2D eigenvalue weighted by molar-refractivity contribution is 6.36. The van der Waals surface area contributed by atoms with Gasteiger partial charge in [0.2, 0.25) is 5.78 Å². The first kappa shape index (κ1) is 10.7. The third kappa shape index (κ3) is 2.12. The Morgan fingerprint density at radius 2 is 1.93 bits per heavy atom. The first-order valence-electron chi connectivity index (χ1n) is 4.05. The van der Waals surface area contributed by atoms with Gasteiger partial charge in [0.05, 0.1) is 5.92 Å². The number of ketones is 1. The Balaban J connectivity index is 3.01. The number of carboxylic acids is 1. The van der Waals surface area contributed by atoms with Crippen LogP contribution in [0.25, 0.3) is 0 Å². The number of hydrogen-bond acceptors (Lipinski definition) is 2. The third-order valence-electron chi connectivity index (χ3n) is 1.98. The van der Waals surface area contributed by atoms with Gasteiger partial charge in [0.15, 0.2) is 0 Å². The van der Waals surface area contributed by atoms with Crippen LogP contribution in [0.1, 0.15) is 18.4 Å². The van der Waals surface area contributed by atoms with Crippen molar-refractivity contribution in [3.05, 3.63) is 34.9 Å². The number of carboxylic acid groups (broad SMARTS) is 1. The normalized spacial score (nSPS) is 12.1. The summed E-state index contributed by atoms with van der Waals surface area (Å²) in [5.74, 6) is -2.99. The van der Waals surface area contributed by atoms with E-state index in [4.69, 9.17) is 16.7 Å². The average molecular weight is 213 g/mol. The van der Waals surface area contributed by atoms with Crippen LogP contribution in [0.15, 0.2) is 24.3 Å². The molecule has 0 spiro atoms. The zero-order valence-corrected chi connectivity index (χ0v) is 8.28. The van der Waals surface area contributed by atoms with Gasteiger partial charge in [-0.3, -0.25) is 4.79 Å². The molecule has 14 heavy (non-hydrogen) atoms. The molecule has 0 saturated carbocycles. The number of hydrogen-bond donors (Lipinski definition) is 1. The van der Waals surface area contributed by atoms with Crippen molar-refractivity contribution in [2.45, 2.75) is 12.8 Å². The van der Waals surface area contributed by atoms with Crippen molar-refractivity contribution < 1.29 is 14.7 Å². The van der Waals surface area contributed by atoms with Crippen molar-refractivity contribution in [1.29, 1.82) is 0 Å². The third-order valence-corrected chi connectivity index (χ3v) is 2.32. The number of benzene rings is 1. The highest BCUT2D eigenvalue weighted by Crippen LogP contribution is 2.24. The Labute approximate surface area is 86.3 Å². The van der Waals surface area contributed by atoms with Gasteiger partial charge in [0.1, 0.15) is 0 Å². The molecule has 0 radical (unpaired) electrons. The summed E-state index contributed by atoms with van der Waals surface area (Å²) in [6.07, 6.45) is 0. The molecule has 74 valence electrons. The zero-order chi connectivity index (χ0) is 10.7. The molecule has 0 aliphatic heterocycles. The maximum atomic E-state index is 11.1. The highest BCUT2D eigenvalue weighted by Gasteiger charge is 2.23. The van der Waals surface area contributed by atoms with Crippen LogP contribution < -0.4 is 0 Å². The van der Waals surface area contributed by atoms with Gasteiger partial charge in [0, 0.05) is 5.02 Å². The van der Waals surface area contributed by atoms with E-state index in [9.17, 15) is 9.59 Å². The molecule has 0 aliphatic carbocycles. The molecule has 0 bridgehead atoms. The lowest BCUT2D eigenvalue weighted by Crippen LogP contribution is -2.19. The van der Waals surface area contributed by atoms with Crippen LogP contribution in [0.2, 0.25) is 5.02 Å². The van der Waals surface area contributed by atoms with Crippen LogP contribution in [-0.4, -0.2) is 16.9 Å². The largest absolute Gasteiger partial charge is 0.475 e. The molecule has 1 rings (SSSR count). The summed E-state index contributed by atoms with van der Waals surface area (Å²) in [5.41, 5.74) is 0.543. The first-order valence-corrected chi connectivity index (χ1v) is 4.43. The minimum absolute atomic E-state index is 0.412. The summed E-state index contributed by atoms with van der Waals surface area (Å²) in [7, 11) is 0. The molecule has 0 saturated heterocycles. The van der Waals surface area contributed by atoms with Crippen LogP contribution >= 0.6 is 11.6 Å². The predicted molar refractivity (Wildman–Crippen MR) is 52.5 cm³/mol. The molecule has 0 aromatic heterocycles. The fraction of sp³-hybridized carbons (Fsp3) is 0.200. The molecule has 0 aliphatic rings. The van der Waals surface area contributed by atoms with Crippen molar-refractivity contribution in [3.63, 3.8) is 0 Å². The van der Waals surface area contributed by atoms with E-state index in [-0.39, 0.29) is 0 Å².